The highest BCUT2D eigenvalue weighted by molar-refractivity contribution is 5.82. The van der Waals surface area contributed by atoms with Crippen LogP contribution in [0.15, 0.2) is 24.7 Å². The van der Waals surface area contributed by atoms with E-state index in [4.69, 9.17) is 11.5 Å². The summed E-state index contributed by atoms with van der Waals surface area (Å²) < 4.78 is 0. The molecule has 0 bridgehead atoms. The molecular weight excluding hydrogens is 280 g/mol. The van der Waals surface area contributed by atoms with E-state index in [-0.39, 0.29) is 12.1 Å². The van der Waals surface area contributed by atoms with Crippen LogP contribution in [0, 0.1) is 0 Å². The van der Waals surface area contributed by atoms with Gasteiger partial charge in [-0.25, -0.2) is 4.98 Å². The molecule has 0 aliphatic heterocycles. The monoisotopic (exact) mass is 300 g/mol. The predicted octanol–water partition coefficient (Wildman–Crippen LogP) is 1.42. The molecule has 7 heteroatoms. The molecule has 1 aliphatic rings. The van der Waals surface area contributed by atoms with Crippen molar-refractivity contribution in [3.05, 3.63) is 24.7 Å². The molecule has 0 amide bonds. The molecule has 116 valence electrons. The molecule has 22 heavy (non-hydrogen) atoms. The molecule has 2 aromatic rings. The summed E-state index contributed by atoms with van der Waals surface area (Å²) in [5, 5.41) is 13.1. The van der Waals surface area contributed by atoms with Crippen molar-refractivity contribution in [2.24, 2.45) is 0 Å². The average Bonchev–Trinajstić information content (AvgIpc) is 2.51. The number of aromatic nitrogens is 3. The first-order valence-electron chi connectivity index (χ1n) is 7.40. The number of nitrogens with zero attached hydrogens (tertiary/aromatic N) is 3. The van der Waals surface area contributed by atoms with Gasteiger partial charge < -0.3 is 21.9 Å². The molecule has 0 atom stereocenters. The smallest absolute Gasteiger partial charge is 0.221 e. The molecule has 0 saturated heterocycles. The fourth-order valence-corrected chi connectivity index (χ4v) is 2.79. The van der Waals surface area contributed by atoms with E-state index in [1.54, 1.807) is 18.6 Å². The average molecular weight is 300 g/mol. The lowest BCUT2D eigenvalue weighted by Gasteiger charge is -2.27. The Morgan fingerprint density at radius 2 is 1.86 bits per heavy atom. The van der Waals surface area contributed by atoms with Crippen molar-refractivity contribution in [1.29, 1.82) is 0 Å². The third-order valence-electron chi connectivity index (χ3n) is 4.00. The third kappa shape index (κ3) is 3.09. The van der Waals surface area contributed by atoms with Crippen molar-refractivity contribution in [1.82, 2.24) is 15.0 Å². The largest absolute Gasteiger partial charge is 0.393 e. The van der Waals surface area contributed by atoms with Gasteiger partial charge in [-0.3, -0.25) is 4.98 Å². The molecule has 1 saturated carbocycles. The van der Waals surface area contributed by atoms with Crippen LogP contribution in [0.2, 0.25) is 0 Å². The number of rotatable bonds is 3. The van der Waals surface area contributed by atoms with Gasteiger partial charge in [-0.1, -0.05) is 0 Å². The standard InChI is InChI=1S/C15H20N6O/c16-14-12(8-19-15(17)21-14)11-7-18-6-5-13(11)20-9-1-3-10(22)4-2-9/h5-10,22H,1-4H2,(H,18,20)(H4,16,17,19,21). The molecule has 0 spiro atoms. The van der Waals surface area contributed by atoms with E-state index in [9.17, 15) is 5.11 Å². The Morgan fingerprint density at radius 3 is 2.59 bits per heavy atom. The minimum atomic E-state index is -0.170. The van der Waals surface area contributed by atoms with Gasteiger partial charge in [0, 0.05) is 41.4 Å². The van der Waals surface area contributed by atoms with Gasteiger partial charge in [0.2, 0.25) is 5.95 Å². The second-order valence-corrected chi connectivity index (χ2v) is 5.60. The molecule has 3 rings (SSSR count). The van der Waals surface area contributed by atoms with Crippen molar-refractivity contribution in [2.45, 2.75) is 37.8 Å². The maximum Gasteiger partial charge on any atom is 0.221 e. The van der Waals surface area contributed by atoms with E-state index in [1.807, 2.05) is 6.07 Å². The van der Waals surface area contributed by atoms with Crippen LogP contribution in [0.25, 0.3) is 11.1 Å². The number of aliphatic hydroxyl groups excluding tert-OH is 1. The van der Waals surface area contributed by atoms with E-state index in [0.29, 0.717) is 17.4 Å². The van der Waals surface area contributed by atoms with Crippen LogP contribution < -0.4 is 16.8 Å². The SMILES string of the molecule is Nc1ncc(-c2cnccc2NC2CCC(O)CC2)c(N)n1. The lowest BCUT2D eigenvalue weighted by Crippen LogP contribution is -2.28. The topological polar surface area (TPSA) is 123 Å². The molecule has 2 heterocycles. The number of hydrogen-bond acceptors (Lipinski definition) is 7. The van der Waals surface area contributed by atoms with E-state index >= 15 is 0 Å². The number of hydrogen-bond donors (Lipinski definition) is 4. The van der Waals surface area contributed by atoms with Crippen LogP contribution in [0.4, 0.5) is 17.5 Å². The predicted molar refractivity (Wildman–Crippen MR) is 86.0 cm³/mol. The quantitative estimate of drug-likeness (QED) is 0.676. The first kappa shape index (κ1) is 14.5. The minimum absolute atomic E-state index is 0.154. The third-order valence-corrected chi connectivity index (χ3v) is 4.00. The maximum atomic E-state index is 9.61. The lowest BCUT2D eigenvalue weighted by atomic mass is 9.92. The summed E-state index contributed by atoms with van der Waals surface area (Å²) in [6.07, 6.45) is 8.45. The zero-order valence-electron chi connectivity index (χ0n) is 12.2. The lowest BCUT2D eigenvalue weighted by molar-refractivity contribution is 0.126. The Bertz CT molecular complexity index is 654. The zero-order chi connectivity index (χ0) is 15.5. The summed E-state index contributed by atoms with van der Waals surface area (Å²) in [5.74, 6) is 0.489. The van der Waals surface area contributed by atoms with Crippen molar-refractivity contribution >= 4 is 17.5 Å². The molecule has 0 unspecified atom stereocenters. The van der Waals surface area contributed by atoms with Gasteiger partial charge in [-0.05, 0) is 31.7 Å². The van der Waals surface area contributed by atoms with Gasteiger partial charge in [0.1, 0.15) is 5.82 Å². The highest BCUT2D eigenvalue weighted by atomic mass is 16.3. The van der Waals surface area contributed by atoms with E-state index in [0.717, 1.165) is 36.9 Å². The Labute approximate surface area is 128 Å². The van der Waals surface area contributed by atoms with Crippen molar-refractivity contribution in [2.75, 3.05) is 16.8 Å². The first-order chi connectivity index (χ1) is 10.6. The summed E-state index contributed by atoms with van der Waals surface area (Å²) in [6.45, 7) is 0. The number of anilines is 3. The second-order valence-electron chi connectivity index (χ2n) is 5.60. The number of nitrogens with two attached hydrogens (primary N) is 2. The Balaban J connectivity index is 1.86. The summed E-state index contributed by atoms with van der Waals surface area (Å²) in [4.78, 5) is 12.2. The fraction of sp³-hybridized carbons (Fsp3) is 0.400. The van der Waals surface area contributed by atoms with Crippen LogP contribution in [0.5, 0.6) is 0 Å². The summed E-state index contributed by atoms with van der Waals surface area (Å²) in [5.41, 5.74) is 14.0. The maximum absolute atomic E-state index is 9.61. The number of nitrogens with one attached hydrogen (secondary N) is 1. The van der Waals surface area contributed by atoms with Crippen LogP contribution in [0.1, 0.15) is 25.7 Å². The number of nitrogen functional groups attached to an aromatic ring is 2. The summed E-state index contributed by atoms with van der Waals surface area (Å²) in [6, 6.07) is 2.25. The van der Waals surface area contributed by atoms with Gasteiger partial charge in [0.25, 0.3) is 0 Å². The Hall–Kier alpha value is -2.41. The summed E-state index contributed by atoms with van der Waals surface area (Å²) in [7, 11) is 0. The molecular formula is C15H20N6O. The van der Waals surface area contributed by atoms with Gasteiger partial charge >= 0.3 is 0 Å². The zero-order valence-corrected chi connectivity index (χ0v) is 12.2. The normalized spacial score (nSPS) is 21.5. The molecule has 2 aromatic heterocycles. The fourth-order valence-electron chi connectivity index (χ4n) is 2.79. The molecule has 6 N–H and O–H groups in total. The Morgan fingerprint density at radius 1 is 1.09 bits per heavy atom. The highest BCUT2D eigenvalue weighted by Gasteiger charge is 2.20. The van der Waals surface area contributed by atoms with E-state index < -0.39 is 0 Å². The van der Waals surface area contributed by atoms with Gasteiger partial charge in [-0.15, -0.1) is 0 Å². The molecule has 7 nitrogen and oxygen atoms in total. The minimum Gasteiger partial charge on any atom is -0.393 e. The van der Waals surface area contributed by atoms with Crippen molar-refractivity contribution in [3.63, 3.8) is 0 Å². The molecule has 0 radical (unpaired) electrons. The van der Waals surface area contributed by atoms with Gasteiger partial charge in [0.05, 0.1) is 6.10 Å². The van der Waals surface area contributed by atoms with E-state index in [2.05, 4.69) is 20.3 Å². The number of pyridine rings is 1. The summed E-state index contributed by atoms with van der Waals surface area (Å²) >= 11 is 0. The van der Waals surface area contributed by atoms with Crippen LogP contribution in [-0.4, -0.2) is 32.2 Å². The molecule has 1 aliphatic carbocycles. The molecule has 0 aromatic carbocycles. The van der Waals surface area contributed by atoms with Crippen LogP contribution in [0.3, 0.4) is 0 Å². The highest BCUT2D eigenvalue weighted by Crippen LogP contribution is 2.32. The first-order valence-corrected chi connectivity index (χ1v) is 7.40. The van der Waals surface area contributed by atoms with Crippen molar-refractivity contribution < 1.29 is 5.11 Å². The van der Waals surface area contributed by atoms with Crippen molar-refractivity contribution in [3.8, 4) is 11.1 Å². The van der Waals surface area contributed by atoms with E-state index in [1.165, 1.54) is 0 Å². The van der Waals surface area contributed by atoms with Crippen LogP contribution >= 0.6 is 0 Å². The van der Waals surface area contributed by atoms with Crippen LogP contribution in [-0.2, 0) is 0 Å². The molecule has 1 fully saturated rings. The number of aliphatic hydroxyl groups is 1. The van der Waals surface area contributed by atoms with Gasteiger partial charge in [-0.2, -0.15) is 4.98 Å². The Kier molecular flexibility index (Phi) is 4.06. The second kappa shape index (κ2) is 6.15. The van der Waals surface area contributed by atoms with Gasteiger partial charge in [0.15, 0.2) is 0 Å².